The summed E-state index contributed by atoms with van der Waals surface area (Å²) in [6.45, 7) is 3.05. The topological polar surface area (TPSA) is 83.9 Å². The lowest BCUT2D eigenvalue weighted by molar-refractivity contribution is 0.0708. The summed E-state index contributed by atoms with van der Waals surface area (Å²) >= 11 is 0. The number of nitrogens with zero attached hydrogens (tertiary/aromatic N) is 4. The zero-order chi connectivity index (χ0) is 15.7. The summed E-state index contributed by atoms with van der Waals surface area (Å²) in [5, 5.41) is 8.05. The van der Waals surface area contributed by atoms with E-state index in [1.54, 1.807) is 30.3 Å². The SMILES string of the molecule is Cc1ccc(C(=O)N2CCC(c3nncn3C)CC2)c(=O)[nH]1. The molecule has 2 aromatic heterocycles. The van der Waals surface area contributed by atoms with Crippen LogP contribution in [0.15, 0.2) is 23.3 Å². The van der Waals surface area contributed by atoms with Gasteiger partial charge < -0.3 is 14.5 Å². The second-order valence-corrected chi connectivity index (χ2v) is 5.75. The third-order valence-corrected chi connectivity index (χ3v) is 4.18. The summed E-state index contributed by atoms with van der Waals surface area (Å²) in [6, 6.07) is 3.35. The molecule has 0 saturated carbocycles. The highest BCUT2D eigenvalue weighted by molar-refractivity contribution is 5.93. The highest BCUT2D eigenvalue weighted by atomic mass is 16.2. The minimum Gasteiger partial charge on any atom is -0.338 e. The lowest BCUT2D eigenvalue weighted by atomic mass is 9.95. The number of pyridine rings is 1. The number of piperidine rings is 1. The number of rotatable bonds is 2. The number of nitrogens with one attached hydrogen (secondary N) is 1. The van der Waals surface area contributed by atoms with Crippen LogP contribution in [0.4, 0.5) is 0 Å². The highest BCUT2D eigenvalue weighted by Crippen LogP contribution is 2.26. The van der Waals surface area contributed by atoms with Crippen molar-refractivity contribution in [3.05, 3.63) is 45.9 Å². The van der Waals surface area contributed by atoms with Crippen LogP contribution >= 0.6 is 0 Å². The predicted molar refractivity (Wildman–Crippen MR) is 80.7 cm³/mol. The summed E-state index contributed by atoms with van der Waals surface area (Å²) < 4.78 is 1.92. The first-order chi connectivity index (χ1) is 10.6. The van der Waals surface area contributed by atoms with Gasteiger partial charge in [0.05, 0.1) is 0 Å². The molecule has 0 aliphatic carbocycles. The minimum atomic E-state index is -0.319. The van der Waals surface area contributed by atoms with E-state index >= 15 is 0 Å². The second-order valence-electron chi connectivity index (χ2n) is 5.75. The number of aromatic nitrogens is 4. The number of likely N-dealkylation sites (tertiary alicyclic amines) is 1. The van der Waals surface area contributed by atoms with E-state index in [9.17, 15) is 9.59 Å². The van der Waals surface area contributed by atoms with Crippen LogP contribution in [0.25, 0.3) is 0 Å². The fraction of sp³-hybridized carbons (Fsp3) is 0.467. The standard InChI is InChI=1S/C15H19N5O2/c1-10-3-4-12(14(21)17-10)15(22)20-7-5-11(6-8-20)13-18-16-9-19(13)2/h3-4,9,11H,5-8H2,1-2H3,(H,17,21). The van der Waals surface area contributed by atoms with Crippen LogP contribution in [-0.4, -0.2) is 43.6 Å². The molecule has 0 aromatic carbocycles. The van der Waals surface area contributed by atoms with E-state index < -0.39 is 0 Å². The average molecular weight is 301 g/mol. The molecule has 0 radical (unpaired) electrons. The van der Waals surface area contributed by atoms with Gasteiger partial charge in [0.15, 0.2) is 0 Å². The van der Waals surface area contributed by atoms with Crippen LogP contribution in [-0.2, 0) is 7.05 Å². The maximum absolute atomic E-state index is 12.5. The molecular weight excluding hydrogens is 282 g/mol. The molecule has 2 aromatic rings. The fourth-order valence-electron chi connectivity index (χ4n) is 2.91. The van der Waals surface area contributed by atoms with Gasteiger partial charge in [-0.05, 0) is 31.9 Å². The monoisotopic (exact) mass is 301 g/mol. The molecule has 22 heavy (non-hydrogen) atoms. The maximum Gasteiger partial charge on any atom is 0.260 e. The summed E-state index contributed by atoms with van der Waals surface area (Å²) in [4.78, 5) is 28.8. The van der Waals surface area contributed by atoms with Crippen molar-refractivity contribution in [2.45, 2.75) is 25.7 Å². The Morgan fingerprint density at radius 2 is 2.05 bits per heavy atom. The van der Waals surface area contributed by atoms with Crippen LogP contribution in [0.3, 0.4) is 0 Å². The minimum absolute atomic E-state index is 0.197. The first-order valence-corrected chi connectivity index (χ1v) is 7.39. The zero-order valence-electron chi connectivity index (χ0n) is 12.7. The van der Waals surface area contributed by atoms with E-state index in [4.69, 9.17) is 0 Å². The van der Waals surface area contributed by atoms with Crippen LogP contribution in [0.1, 0.15) is 40.6 Å². The van der Waals surface area contributed by atoms with Crippen LogP contribution < -0.4 is 5.56 Å². The fourth-order valence-corrected chi connectivity index (χ4v) is 2.91. The van der Waals surface area contributed by atoms with Crippen molar-refractivity contribution in [2.75, 3.05) is 13.1 Å². The number of carbonyl (C=O) groups excluding carboxylic acids is 1. The van der Waals surface area contributed by atoms with Gasteiger partial charge in [-0.15, -0.1) is 10.2 Å². The molecule has 3 heterocycles. The van der Waals surface area contributed by atoms with Gasteiger partial charge in [0.1, 0.15) is 17.7 Å². The first-order valence-electron chi connectivity index (χ1n) is 7.39. The number of aromatic amines is 1. The van der Waals surface area contributed by atoms with Crippen molar-refractivity contribution in [3.63, 3.8) is 0 Å². The molecule has 0 bridgehead atoms. The second kappa shape index (κ2) is 5.75. The quantitative estimate of drug-likeness (QED) is 0.890. The van der Waals surface area contributed by atoms with Crippen LogP contribution in [0, 0.1) is 6.92 Å². The lowest BCUT2D eigenvalue weighted by Gasteiger charge is -2.31. The van der Waals surface area contributed by atoms with Crippen molar-refractivity contribution >= 4 is 5.91 Å². The summed E-state index contributed by atoms with van der Waals surface area (Å²) in [5.74, 6) is 1.07. The average Bonchev–Trinajstić information content (AvgIpc) is 2.93. The Labute approximate surface area is 128 Å². The van der Waals surface area contributed by atoms with Crippen molar-refractivity contribution in [2.24, 2.45) is 7.05 Å². The maximum atomic E-state index is 12.5. The van der Waals surface area contributed by atoms with E-state index in [0.29, 0.717) is 19.0 Å². The van der Waals surface area contributed by atoms with E-state index in [2.05, 4.69) is 15.2 Å². The van der Waals surface area contributed by atoms with Gasteiger partial charge >= 0.3 is 0 Å². The molecule has 1 fully saturated rings. The number of aryl methyl sites for hydroxylation is 2. The van der Waals surface area contributed by atoms with Gasteiger partial charge in [0.2, 0.25) is 0 Å². The number of hydrogen-bond donors (Lipinski definition) is 1. The Morgan fingerprint density at radius 3 is 2.64 bits per heavy atom. The van der Waals surface area contributed by atoms with Crippen molar-refractivity contribution < 1.29 is 4.79 Å². The number of carbonyl (C=O) groups is 1. The first kappa shape index (κ1) is 14.5. The lowest BCUT2D eigenvalue weighted by Crippen LogP contribution is -2.40. The Bertz CT molecular complexity index is 740. The molecule has 3 rings (SSSR count). The molecule has 7 heteroatoms. The Balaban J connectivity index is 1.70. The van der Waals surface area contributed by atoms with Gasteiger partial charge in [0, 0.05) is 31.7 Å². The highest BCUT2D eigenvalue weighted by Gasteiger charge is 2.27. The number of hydrogen-bond acceptors (Lipinski definition) is 4. The van der Waals surface area contributed by atoms with Gasteiger partial charge in [-0.2, -0.15) is 0 Å². The predicted octanol–water partition coefficient (Wildman–Crippen LogP) is 0.832. The van der Waals surface area contributed by atoms with E-state index in [0.717, 1.165) is 24.4 Å². The molecule has 1 N–H and O–H groups in total. The van der Waals surface area contributed by atoms with Gasteiger partial charge in [-0.1, -0.05) is 0 Å². The summed E-state index contributed by atoms with van der Waals surface area (Å²) in [6.07, 6.45) is 3.36. The molecule has 1 aliphatic rings. The Hall–Kier alpha value is -2.44. The smallest absolute Gasteiger partial charge is 0.260 e. The molecule has 1 aliphatic heterocycles. The van der Waals surface area contributed by atoms with Gasteiger partial charge in [0.25, 0.3) is 11.5 Å². The summed E-state index contributed by atoms with van der Waals surface area (Å²) in [5.41, 5.74) is 0.644. The molecule has 7 nitrogen and oxygen atoms in total. The molecular formula is C15H19N5O2. The number of H-pyrrole nitrogens is 1. The molecule has 1 amide bonds. The van der Waals surface area contributed by atoms with Crippen LogP contribution in [0.2, 0.25) is 0 Å². The molecule has 0 unspecified atom stereocenters. The Kier molecular flexibility index (Phi) is 3.79. The third kappa shape index (κ3) is 2.66. The molecule has 1 saturated heterocycles. The summed E-state index contributed by atoms with van der Waals surface area (Å²) in [7, 11) is 1.93. The van der Waals surface area contributed by atoms with E-state index in [1.165, 1.54) is 0 Å². The largest absolute Gasteiger partial charge is 0.338 e. The normalized spacial score (nSPS) is 16.0. The van der Waals surface area contributed by atoms with Crippen molar-refractivity contribution in [1.82, 2.24) is 24.6 Å². The van der Waals surface area contributed by atoms with Gasteiger partial charge in [-0.25, -0.2) is 0 Å². The Morgan fingerprint density at radius 1 is 1.32 bits per heavy atom. The van der Waals surface area contributed by atoms with Crippen molar-refractivity contribution in [3.8, 4) is 0 Å². The molecule has 0 spiro atoms. The van der Waals surface area contributed by atoms with Crippen LogP contribution in [0.5, 0.6) is 0 Å². The van der Waals surface area contributed by atoms with Gasteiger partial charge in [-0.3, -0.25) is 9.59 Å². The molecule has 116 valence electrons. The number of amides is 1. The van der Waals surface area contributed by atoms with E-state index in [-0.39, 0.29) is 17.0 Å². The third-order valence-electron chi connectivity index (χ3n) is 4.18. The molecule has 0 atom stereocenters. The van der Waals surface area contributed by atoms with Crippen molar-refractivity contribution in [1.29, 1.82) is 0 Å². The van der Waals surface area contributed by atoms with E-state index in [1.807, 2.05) is 11.6 Å². The zero-order valence-corrected chi connectivity index (χ0v) is 12.7.